The maximum atomic E-state index is 12.3. The molecule has 0 atom stereocenters. The molecule has 0 heterocycles. The van der Waals surface area contributed by atoms with Crippen molar-refractivity contribution in [1.29, 1.82) is 0 Å². The van der Waals surface area contributed by atoms with Crippen molar-refractivity contribution in [1.82, 2.24) is 0 Å². The second-order valence-corrected chi connectivity index (χ2v) is 5.12. The molecule has 0 saturated carbocycles. The van der Waals surface area contributed by atoms with Crippen molar-refractivity contribution >= 4 is 28.9 Å². The topological polar surface area (TPSA) is 41.1 Å². The van der Waals surface area contributed by atoms with Crippen molar-refractivity contribution in [3.63, 3.8) is 0 Å². The van der Waals surface area contributed by atoms with Crippen LogP contribution in [0.15, 0.2) is 36.4 Å². The lowest BCUT2D eigenvalue weighted by atomic mass is 10.1. The number of anilines is 2. The Bertz CT molecular complexity index is 653. The monoisotopic (exact) mass is 288 g/mol. The molecule has 0 spiro atoms. The highest BCUT2D eigenvalue weighted by Crippen LogP contribution is 2.24. The number of aryl methyl sites for hydroxylation is 2. The number of benzene rings is 2. The van der Waals surface area contributed by atoms with Gasteiger partial charge in [0.15, 0.2) is 0 Å². The van der Waals surface area contributed by atoms with Crippen LogP contribution in [0.1, 0.15) is 21.5 Å². The standard InChI is InChI=1S/C16H17ClN2O/c1-10-4-7-14(17)15(8-10)19-16(20)13-6-5-12(18-3)9-11(13)2/h4-9,18H,1-3H3,(H,19,20). The Labute approximate surface area is 124 Å². The van der Waals surface area contributed by atoms with E-state index in [1.165, 1.54) is 0 Å². The third-order valence-electron chi connectivity index (χ3n) is 3.13. The summed E-state index contributed by atoms with van der Waals surface area (Å²) < 4.78 is 0. The van der Waals surface area contributed by atoms with E-state index in [1.807, 2.05) is 45.2 Å². The molecule has 104 valence electrons. The van der Waals surface area contributed by atoms with Gasteiger partial charge in [0.2, 0.25) is 0 Å². The molecule has 0 saturated heterocycles. The van der Waals surface area contributed by atoms with E-state index in [-0.39, 0.29) is 5.91 Å². The van der Waals surface area contributed by atoms with Crippen molar-refractivity contribution < 1.29 is 4.79 Å². The smallest absolute Gasteiger partial charge is 0.255 e. The van der Waals surface area contributed by atoms with Crippen LogP contribution < -0.4 is 10.6 Å². The fourth-order valence-corrected chi connectivity index (χ4v) is 2.16. The van der Waals surface area contributed by atoms with E-state index in [4.69, 9.17) is 11.6 Å². The molecule has 0 fully saturated rings. The lowest BCUT2D eigenvalue weighted by Crippen LogP contribution is -2.14. The highest BCUT2D eigenvalue weighted by Gasteiger charge is 2.11. The number of hydrogen-bond acceptors (Lipinski definition) is 2. The van der Waals surface area contributed by atoms with Crippen LogP contribution in [0.25, 0.3) is 0 Å². The number of carbonyl (C=O) groups is 1. The van der Waals surface area contributed by atoms with Crippen molar-refractivity contribution in [2.24, 2.45) is 0 Å². The average Bonchev–Trinajstić information content (AvgIpc) is 2.42. The lowest BCUT2D eigenvalue weighted by molar-refractivity contribution is 0.102. The van der Waals surface area contributed by atoms with Crippen LogP contribution in [-0.4, -0.2) is 13.0 Å². The van der Waals surface area contributed by atoms with Gasteiger partial charge in [-0.15, -0.1) is 0 Å². The first kappa shape index (κ1) is 14.4. The highest BCUT2D eigenvalue weighted by atomic mass is 35.5. The van der Waals surface area contributed by atoms with Gasteiger partial charge < -0.3 is 10.6 Å². The van der Waals surface area contributed by atoms with Gasteiger partial charge in [0.1, 0.15) is 0 Å². The zero-order chi connectivity index (χ0) is 14.7. The summed E-state index contributed by atoms with van der Waals surface area (Å²) in [7, 11) is 1.85. The minimum Gasteiger partial charge on any atom is -0.388 e. The first-order valence-electron chi connectivity index (χ1n) is 6.37. The molecule has 2 aromatic rings. The van der Waals surface area contributed by atoms with Crippen LogP contribution in [0.5, 0.6) is 0 Å². The molecule has 1 amide bonds. The lowest BCUT2D eigenvalue weighted by Gasteiger charge is -2.11. The van der Waals surface area contributed by atoms with Gasteiger partial charge in [0.25, 0.3) is 5.91 Å². The molecular weight excluding hydrogens is 272 g/mol. The SMILES string of the molecule is CNc1ccc(C(=O)Nc2cc(C)ccc2Cl)c(C)c1. The van der Waals surface area contributed by atoms with Crippen LogP contribution in [0, 0.1) is 13.8 Å². The zero-order valence-electron chi connectivity index (χ0n) is 11.8. The first-order chi connectivity index (χ1) is 9.51. The summed E-state index contributed by atoms with van der Waals surface area (Å²) in [6, 6.07) is 11.2. The Morgan fingerprint density at radius 3 is 2.50 bits per heavy atom. The van der Waals surface area contributed by atoms with E-state index >= 15 is 0 Å². The Morgan fingerprint density at radius 1 is 1.10 bits per heavy atom. The van der Waals surface area contributed by atoms with Gasteiger partial charge in [0, 0.05) is 18.3 Å². The molecule has 0 bridgehead atoms. The fourth-order valence-electron chi connectivity index (χ4n) is 2.00. The van der Waals surface area contributed by atoms with Gasteiger partial charge in [0.05, 0.1) is 10.7 Å². The van der Waals surface area contributed by atoms with Crippen LogP contribution in [0.2, 0.25) is 5.02 Å². The van der Waals surface area contributed by atoms with Crippen LogP contribution in [-0.2, 0) is 0 Å². The summed E-state index contributed by atoms with van der Waals surface area (Å²) in [6.07, 6.45) is 0. The van der Waals surface area contributed by atoms with Crippen molar-refractivity contribution in [3.05, 3.63) is 58.1 Å². The average molecular weight is 289 g/mol. The van der Waals surface area contributed by atoms with Crippen LogP contribution in [0.4, 0.5) is 11.4 Å². The van der Waals surface area contributed by atoms with Gasteiger partial charge in [-0.25, -0.2) is 0 Å². The Kier molecular flexibility index (Phi) is 4.30. The molecule has 0 unspecified atom stereocenters. The normalized spacial score (nSPS) is 10.2. The summed E-state index contributed by atoms with van der Waals surface area (Å²) in [6.45, 7) is 3.87. The van der Waals surface area contributed by atoms with E-state index in [0.29, 0.717) is 16.3 Å². The van der Waals surface area contributed by atoms with E-state index in [9.17, 15) is 4.79 Å². The molecule has 2 N–H and O–H groups in total. The predicted molar refractivity (Wildman–Crippen MR) is 84.9 cm³/mol. The Balaban J connectivity index is 2.26. The predicted octanol–water partition coefficient (Wildman–Crippen LogP) is 4.25. The summed E-state index contributed by atoms with van der Waals surface area (Å²) in [5.74, 6) is -0.155. The van der Waals surface area contributed by atoms with Gasteiger partial charge in [-0.2, -0.15) is 0 Å². The molecule has 0 aliphatic rings. The number of nitrogens with one attached hydrogen (secondary N) is 2. The maximum absolute atomic E-state index is 12.3. The quantitative estimate of drug-likeness (QED) is 0.886. The summed E-state index contributed by atoms with van der Waals surface area (Å²) in [4.78, 5) is 12.3. The minimum absolute atomic E-state index is 0.155. The third-order valence-corrected chi connectivity index (χ3v) is 3.46. The number of hydrogen-bond donors (Lipinski definition) is 2. The van der Waals surface area contributed by atoms with Crippen molar-refractivity contribution in [2.75, 3.05) is 17.7 Å². The molecule has 4 heteroatoms. The van der Waals surface area contributed by atoms with E-state index in [1.54, 1.807) is 12.1 Å². The Morgan fingerprint density at radius 2 is 1.85 bits per heavy atom. The fraction of sp³-hybridized carbons (Fsp3) is 0.188. The number of amides is 1. The van der Waals surface area contributed by atoms with Gasteiger partial charge >= 0.3 is 0 Å². The van der Waals surface area contributed by atoms with Crippen molar-refractivity contribution in [2.45, 2.75) is 13.8 Å². The van der Waals surface area contributed by atoms with Gasteiger partial charge in [-0.05, 0) is 55.3 Å². The number of carbonyl (C=O) groups excluding carboxylic acids is 1. The molecular formula is C16H17ClN2O. The summed E-state index contributed by atoms with van der Waals surface area (Å²) in [5, 5.41) is 6.44. The second-order valence-electron chi connectivity index (χ2n) is 4.72. The third kappa shape index (κ3) is 3.11. The molecule has 0 aliphatic carbocycles. The van der Waals surface area contributed by atoms with E-state index in [0.717, 1.165) is 16.8 Å². The van der Waals surface area contributed by atoms with E-state index in [2.05, 4.69) is 10.6 Å². The van der Waals surface area contributed by atoms with Crippen molar-refractivity contribution in [3.8, 4) is 0 Å². The summed E-state index contributed by atoms with van der Waals surface area (Å²) in [5.41, 5.74) is 4.22. The Hall–Kier alpha value is -2.00. The van der Waals surface area contributed by atoms with Gasteiger partial charge in [-0.1, -0.05) is 17.7 Å². The number of rotatable bonds is 3. The zero-order valence-corrected chi connectivity index (χ0v) is 12.5. The molecule has 0 aromatic heterocycles. The molecule has 2 rings (SSSR count). The molecule has 20 heavy (non-hydrogen) atoms. The number of halogens is 1. The largest absolute Gasteiger partial charge is 0.388 e. The second kappa shape index (κ2) is 5.97. The first-order valence-corrected chi connectivity index (χ1v) is 6.75. The summed E-state index contributed by atoms with van der Waals surface area (Å²) >= 11 is 6.09. The molecule has 2 aromatic carbocycles. The maximum Gasteiger partial charge on any atom is 0.255 e. The van der Waals surface area contributed by atoms with E-state index < -0.39 is 0 Å². The highest BCUT2D eigenvalue weighted by molar-refractivity contribution is 6.34. The molecule has 0 aliphatic heterocycles. The molecule has 0 radical (unpaired) electrons. The van der Waals surface area contributed by atoms with Crippen LogP contribution in [0.3, 0.4) is 0 Å². The van der Waals surface area contributed by atoms with Crippen LogP contribution >= 0.6 is 11.6 Å². The molecule has 3 nitrogen and oxygen atoms in total. The minimum atomic E-state index is -0.155. The van der Waals surface area contributed by atoms with Gasteiger partial charge in [-0.3, -0.25) is 4.79 Å².